The molecular formula is C12H16N2O3. The summed E-state index contributed by atoms with van der Waals surface area (Å²) >= 11 is 0. The lowest BCUT2D eigenvalue weighted by atomic mass is 10.1. The van der Waals surface area contributed by atoms with Crippen molar-refractivity contribution in [2.45, 2.75) is 25.8 Å². The van der Waals surface area contributed by atoms with Crippen molar-refractivity contribution in [1.29, 1.82) is 0 Å². The molecule has 0 saturated carbocycles. The average molecular weight is 236 g/mol. The second-order valence-corrected chi connectivity index (χ2v) is 3.89. The Morgan fingerprint density at radius 3 is 2.47 bits per heavy atom. The van der Waals surface area contributed by atoms with E-state index in [0.717, 1.165) is 5.56 Å². The predicted octanol–water partition coefficient (Wildman–Crippen LogP) is 1.13. The van der Waals surface area contributed by atoms with E-state index in [4.69, 9.17) is 10.8 Å². The van der Waals surface area contributed by atoms with Crippen LogP contribution in [0.2, 0.25) is 0 Å². The van der Waals surface area contributed by atoms with Gasteiger partial charge < -0.3 is 16.2 Å². The zero-order valence-corrected chi connectivity index (χ0v) is 9.64. The molecule has 1 rings (SSSR count). The van der Waals surface area contributed by atoms with Gasteiger partial charge in [-0.2, -0.15) is 0 Å². The molecule has 1 atom stereocenters. The maximum Gasteiger partial charge on any atom is 0.303 e. The Kier molecular flexibility index (Phi) is 4.66. The highest BCUT2D eigenvalue weighted by molar-refractivity contribution is 5.94. The van der Waals surface area contributed by atoms with Gasteiger partial charge in [-0.3, -0.25) is 9.59 Å². The van der Waals surface area contributed by atoms with Gasteiger partial charge in [0, 0.05) is 12.1 Å². The van der Waals surface area contributed by atoms with E-state index in [9.17, 15) is 9.59 Å². The summed E-state index contributed by atoms with van der Waals surface area (Å²) in [5.74, 6) is -1.32. The van der Waals surface area contributed by atoms with E-state index in [-0.39, 0.29) is 18.7 Å². The van der Waals surface area contributed by atoms with Crippen molar-refractivity contribution in [3.05, 3.63) is 29.8 Å². The minimum absolute atomic E-state index is 0.109. The highest BCUT2D eigenvalue weighted by atomic mass is 16.4. The van der Waals surface area contributed by atoms with Gasteiger partial charge in [-0.1, -0.05) is 17.7 Å². The number of carboxylic acid groups (broad SMARTS) is 1. The number of carbonyl (C=O) groups is 2. The van der Waals surface area contributed by atoms with Crippen molar-refractivity contribution < 1.29 is 14.7 Å². The molecule has 0 radical (unpaired) electrons. The lowest BCUT2D eigenvalue weighted by molar-refractivity contribution is -0.137. The van der Waals surface area contributed by atoms with Gasteiger partial charge >= 0.3 is 5.97 Å². The van der Waals surface area contributed by atoms with Crippen molar-refractivity contribution in [1.82, 2.24) is 0 Å². The number of rotatable bonds is 5. The molecule has 0 spiro atoms. The Bertz CT molecular complexity index is 401. The van der Waals surface area contributed by atoms with E-state index in [2.05, 4.69) is 5.32 Å². The van der Waals surface area contributed by atoms with E-state index in [0.29, 0.717) is 5.69 Å². The van der Waals surface area contributed by atoms with Crippen LogP contribution in [0.4, 0.5) is 5.69 Å². The molecule has 17 heavy (non-hydrogen) atoms. The third kappa shape index (κ3) is 4.65. The summed E-state index contributed by atoms with van der Waals surface area (Å²) in [6.07, 6.45) is 0.0233. The number of hydrogen-bond donors (Lipinski definition) is 3. The first-order valence-electron chi connectivity index (χ1n) is 5.34. The first kappa shape index (κ1) is 13.2. The minimum Gasteiger partial charge on any atom is -0.481 e. The molecule has 0 aliphatic heterocycles. The van der Waals surface area contributed by atoms with Crippen LogP contribution in [0.5, 0.6) is 0 Å². The first-order chi connectivity index (χ1) is 7.99. The number of amides is 1. The molecule has 0 aliphatic carbocycles. The number of carbonyl (C=O) groups excluding carboxylic acids is 1. The molecule has 4 N–H and O–H groups in total. The van der Waals surface area contributed by atoms with E-state index >= 15 is 0 Å². The number of nitrogens with two attached hydrogens (primary N) is 1. The van der Waals surface area contributed by atoms with Crippen molar-refractivity contribution in [3.8, 4) is 0 Å². The fourth-order valence-electron chi connectivity index (χ4n) is 1.28. The molecule has 1 aromatic rings. The van der Waals surface area contributed by atoms with Crippen LogP contribution in [-0.2, 0) is 9.59 Å². The normalized spacial score (nSPS) is 11.9. The summed E-state index contributed by atoms with van der Waals surface area (Å²) in [5.41, 5.74) is 7.32. The quantitative estimate of drug-likeness (QED) is 0.714. The number of benzene rings is 1. The van der Waals surface area contributed by atoms with Gasteiger partial charge in [0.05, 0.1) is 6.04 Å². The number of carboxylic acids is 1. The highest BCUT2D eigenvalue weighted by Crippen LogP contribution is 2.09. The fourth-order valence-corrected chi connectivity index (χ4v) is 1.28. The lowest BCUT2D eigenvalue weighted by Gasteiger charge is -2.11. The lowest BCUT2D eigenvalue weighted by Crippen LogP contribution is -2.36. The van der Waals surface area contributed by atoms with E-state index in [1.165, 1.54) is 0 Å². The molecule has 0 heterocycles. The summed E-state index contributed by atoms with van der Waals surface area (Å²) in [6.45, 7) is 1.95. The van der Waals surface area contributed by atoms with Gasteiger partial charge in [-0.25, -0.2) is 0 Å². The van der Waals surface area contributed by atoms with Gasteiger partial charge in [0.2, 0.25) is 5.91 Å². The number of anilines is 1. The van der Waals surface area contributed by atoms with Crippen LogP contribution in [0, 0.1) is 6.92 Å². The second-order valence-electron chi connectivity index (χ2n) is 3.89. The second kappa shape index (κ2) is 6.00. The molecule has 0 aromatic heterocycles. The van der Waals surface area contributed by atoms with Crippen molar-refractivity contribution in [2.75, 3.05) is 5.32 Å². The molecule has 5 nitrogen and oxygen atoms in total. The van der Waals surface area contributed by atoms with Crippen LogP contribution in [-0.4, -0.2) is 23.0 Å². The third-order valence-electron chi connectivity index (χ3n) is 2.33. The fraction of sp³-hybridized carbons (Fsp3) is 0.333. The largest absolute Gasteiger partial charge is 0.481 e. The molecule has 1 unspecified atom stereocenters. The Morgan fingerprint density at radius 1 is 1.35 bits per heavy atom. The van der Waals surface area contributed by atoms with Crippen LogP contribution < -0.4 is 11.1 Å². The van der Waals surface area contributed by atoms with E-state index < -0.39 is 12.0 Å². The molecule has 0 aliphatic rings. The summed E-state index contributed by atoms with van der Waals surface area (Å²) in [7, 11) is 0. The SMILES string of the molecule is Cc1ccc(NC(=O)C(N)CCC(=O)O)cc1. The number of hydrogen-bond acceptors (Lipinski definition) is 3. The highest BCUT2D eigenvalue weighted by Gasteiger charge is 2.14. The van der Waals surface area contributed by atoms with Crippen LogP contribution in [0.25, 0.3) is 0 Å². The molecule has 0 bridgehead atoms. The van der Waals surface area contributed by atoms with Crippen molar-refractivity contribution >= 4 is 17.6 Å². The van der Waals surface area contributed by atoms with E-state index in [1.807, 2.05) is 19.1 Å². The molecule has 92 valence electrons. The standard InChI is InChI=1S/C12H16N2O3/c1-8-2-4-9(5-3-8)14-12(17)10(13)6-7-11(15)16/h2-5,10H,6-7,13H2,1H3,(H,14,17)(H,15,16). The van der Waals surface area contributed by atoms with Crippen LogP contribution in [0.3, 0.4) is 0 Å². The Labute approximate surface area is 99.6 Å². The number of aliphatic carboxylic acids is 1. The summed E-state index contributed by atoms with van der Waals surface area (Å²) < 4.78 is 0. The summed E-state index contributed by atoms with van der Waals surface area (Å²) in [5, 5.41) is 11.1. The zero-order chi connectivity index (χ0) is 12.8. The third-order valence-corrected chi connectivity index (χ3v) is 2.33. The van der Waals surface area contributed by atoms with Gasteiger partial charge in [0.1, 0.15) is 0 Å². The van der Waals surface area contributed by atoms with Gasteiger partial charge in [0.15, 0.2) is 0 Å². The summed E-state index contributed by atoms with van der Waals surface area (Å²) in [4.78, 5) is 21.9. The molecule has 1 amide bonds. The molecule has 0 saturated heterocycles. The van der Waals surface area contributed by atoms with Crippen molar-refractivity contribution in [3.63, 3.8) is 0 Å². The molecular weight excluding hydrogens is 220 g/mol. The summed E-state index contributed by atoms with van der Waals surface area (Å²) in [6, 6.07) is 6.50. The molecule has 5 heteroatoms. The Morgan fingerprint density at radius 2 is 1.94 bits per heavy atom. The van der Waals surface area contributed by atoms with Gasteiger partial charge in [0.25, 0.3) is 0 Å². The topological polar surface area (TPSA) is 92.4 Å². The number of nitrogens with one attached hydrogen (secondary N) is 1. The predicted molar refractivity (Wildman–Crippen MR) is 64.7 cm³/mol. The van der Waals surface area contributed by atoms with Crippen LogP contribution >= 0.6 is 0 Å². The first-order valence-corrected chi connectivity index (χ1v) is 5.34. The van der Waals surface area contributed by atoms with Crippen molar-refractivity contribution in [2.24, 2.45) is 5.73 Å². The Hall–Kier alpha value is -1.88. The smallest absolute Gasteiger partial charge is 0.303 e. The minimum atomic E-state index is -0.955. The van der Waals surface area contributed by atoms with Crippen LogP contribution in [0.15, 0.2) is 24.3 Å². The van der Waals surface area contributed by atoms with E-state index in [1.54, 1.807) is 12.1 Å². The Balaban J connectivity index is 2.48. The zero-order valence-electron chi connectivity index (χ0n) is 9.64. The monoisotopic (exact) mass is 236 g/mol. The van der Waals surface area contributed by atoms with Crippen LogP contribution in [0.1, 0.15) is 18.4 Å². The number of aryl methyl sites for hydroxylation is 1. The molecule has 1 aromatic carbocycles. The average Bonchev–Trinajstić information content (AvgIpc) is 2.28. The molecule has 0 fully saturated rings. The maximum absolute atomic E-state index is 11.6. The maximum atomic E-state index is 11.6. The van der Waals surface area contributed by atoms with Gasteiger partial charge in [-0.05, 0) is 25.5 Å². The van der Waals surface area contributed by atoms with Gasteiger partial charge in [-0.15, -0.1) is 0 Å².